The van der Waals surface area contributed by atoms with Gasteiger partial charge in [-0.05, 0) is 14.1 Å². The van der Waals surface area contributed by atoms with Gasteiger partial charge in [-0.2, -0.15) is 18.3 Å². The Morgan fingerprint density at radius 1 is 1.48 bits per heavy atom. The van der Waals surface area contributed by atoms with E-state index in [0.717, 1.165) is 0 Å². The van der Waals surface area contributed by atoms with Crippen LogP contribution < -0.4 is 10.1 Å². The third-order valence-electron chi connectivity index (χ3n) is 2.66. The molecule has 0 fully saturated rings. The van der Waals surface area contributed by atoms with Crippen molar-refractivity contribution >= 4 is 5.78 Å². The second-order valence-corrected chi connectivity index (χ2v) is 4.73. The highest BCUT2D eigenvalue weighted by molar-refractivity contribution is 5.98. The maximum absolute atomic E-state index is 12.1. The number of carbonyl (C=O) groups is 1. The van der Waals surface area contributed by atoms with Crippen LogP contribution in [0.5, 0.6) is 5.75 Å². The van der Waals surface area contributed by atoms with E-state index >= 15 is 0 Å². The van der Waals surface area contributed by atoms with Gasteiger partial charge >= 0.3 is 6.18 Å². The molecule has 21 heavy (non-hydrogen) atoms. The number of halogens is 3. The molecule has 0 saturated carbocycles. The van der Waals surface area contributed by atoms with E-state index in [-0.39, 0.29) is 11.4 Å². The number of nitrogens with zero attached hydrogens (tertiary/aromatic N) is 3. The van der Waals surface area contributed by atoms with Gasteiger partial charge in [0, 0.05) is 6.54 Å². The summed E-state index contributed by atoms with van der Waals surface area (Å²) in [7, 11) is 5.12. The topological polar surface area (TPSA) is 59.4 Å². The molecule has 0 aliphatic heterocycles. The Hall–Kier alpha value is -1.61. The summed E-state index contributed by atoms with van der Waals surface area (Å²) in [6.07, 6.45) is -2.97. The zero-order valence-electron chi connectivity index (χ0n) is 12.2. The van der Waals surface area contributed by atoms with Crippen molar-refractivity contribution in [1.82, 2.24) is 20.0 Å². The molecule has 0 aliphatic rings. The largest absolute Gasteiger partial charge is 0.493 e. The Labute approximate surface area is 120 Å². The van der Waals surface area contributed by atoms with Crippen LogP contribution in [0.1, 0.15) is 10.5 Å². The Morgan fingerprint density at radius 3 is 2.67 bits per heavy atom. The van der Waals surface area contributed by atoms with Gasteiger partial charge in [0.2, 0.25) is 0 Å². The number of hydrogen-bond donors (Lipinski definition) is 1. The second-order valence-electron chi connectivity index (χ2n) is 4.73. The van der Waals surface area contributed by atoms with Crippen molar-refractivity contribution in [2.75, 3.05) is 40.8 Å². The lowest BCUT2D eigenvalue weighted by Crippen LogP contribution is -2.34. The molecule has 0 radical (unpaired) electrons. The van der Waals surface area contributed by atoms with Crippen molar-refractivity contribution in [3.63, 3.8) is 0 Å². The van der Waals surface area contributed by atoms with Gasteiger partial charge in [0.15, 0.2) is 11.5 Å². The number of ketones is 1. The number of carbonyl (C=O) groups excluding carboxylic acids is 1. The fourth-order valence-electron chi connectivity index (χ4n) is 1.66. The third kappa shape index (κ3) is 5.72. The molecule has 6 nitrogen and oxygen atoms in total. The zero-order valence-corrected chi connectivity index (χ0v) is 12.2. The highest BCUT2D eigenvalue weighted by Crippen LogP contribution is 2.18. The van der Waals surface area contributed by atoms with Gasteiger partial charge in [-0.25, -0.2) is 0 Å². The first-order valence-electron chi connectivity index (χ1n) is 6.30. The normalized spacial score (nSPS) is 12.0. The van der Waals surface area contributed by atoms with E-state index in [4.69, 9.17) is 4.74 Å². The summed E-state index contributed by atoms with van der Waals surface area (Å²) < 4.78 is 42.7. The van der Waals surface area contributed by atoms with E-state index in [1.54, 1.807) is 0 Å². The highest BCUT2D eigenvalue weighted by atomic mass is 19.4. The molecule has 0 unspecified atom stereocenters. The van der Waals surface area contributed by atoms with Crippen LogP contribution in [0.3, 0.4) is 0 Å². The standard InChI is InChI=1S/C12H19F3N4O2/c1-18(2)4-5-19-11(10(21-3)7-17-19)9(20)6-16-8-12(13,14)15/h7,16H,4-6,8H2,1-3H3. The van der Waals surface area contributed by atoms with Crippen molar-refractivity contribution in [3.8, 4) is 5.75 Å². The number of aromatic nitrogens is 2. The minimum absolute atomic E-state index is 0.175. The van der Waals surface area contributed by atoms with Gasteiger partial charge < -0.3 is 15.0 Å². The predicted octanol–water partition coefficient (Wildman–Crippen LogP) is 0.788. The molecule has 0 bridgehead atoms. The molecular formula is C12H19F3N4O2. The predicted molar refractivity (Wildman–Crippen MR) is 70.6 cm³/mol. The molecule has 9 heteroatoms. The molecule has 1 N–H and O–H groups in total. The fourth-order valence-corrected chi connectivity index (χ4v) is 1.66. The van der Waals surface area contributed by atoms with Crippen LogP contribution in [0.25, 0.3) is 0 Å². The average Bonchev–Trinajstić information content (AvgIpc) is 2.77. The molecule has 0 aromatic carbocycles. The van der Waals surface area contributed by atoms with Crippen LogP contribution >= 0.6 is 0 Å². The number of Topliss-reactive ketones (excluding diaryl/α,β-unsaturated/α-hetero) is 1. The first-order valence-corrected chi connectivity index (χ1v) is 6.30. The van der Waals surface area contributed by atoms with E-state index in [1.807, 2.05) is 19.0 Å². The quantitative estimate of drug-likeness (QED) is 0.720. The molecule has 1 rings (SSSR count). The van der Waals surface area contributed by atoms with Gasteiger partial charge in [0.25, 0.3) is 0 Å². The monoisotopic (exact) mass is 308 g/mol. The summed E-state index contributed by atoms with van der Waals surface area (Å²) in [4.78, 5) is 14.0. The van der Waals surface area contributed by atoms with Gasteiger partial charge in [-0.1, -0.05) is 0 Å². The summed E-state index contributed by atoms with van der Waals surface area (Å²) in [5.41, 5.74) is 0.175. The fraction of sp³-hybridized carbons (Fsp3) is 0.667. The number of ether oxygens (including phenoxy) is 1. The van der Waals surface area contributed by atoms with Crippen LogP contribution in [0.4, 0.5) is 13.2 Å². The number of hydrogen-bond acceptors (Lipinski definition) is 5. The molecule has 0 saturated heterocycles. The molecule has 0 spiro atoms. The SMILES string of the molecule is COc1cnn(CCN(C)C)c1C(=O)CNCC(F)(F)F. The zero-order chi connectivity index (χ0) is 16.0. The average molecular weight is 308 g/mol. The molecule has 0 amide bonds. The summed E-state index contributed by atoms with van der Waals surface area (Å²) in [5.74, 6) is -0.236. The van der Waals surface area contributed by atoms with Crippen molar-refractivity contribution in [1.29, 1.82) is 0 Å². The summed E-state index contributed by atoms with van der Waals surface area (Å²) in [5, 5.41) is 6.11. The molecule has 1 aromatic heterocycles. The summed E-state index contributed by atoms with van der Waals surface area (Å²) in [6.45, 7) is -0.561. The maximum atomic E-state index is 12.1. The lowest BCUT2D eigenvalue weighted by Gasteiger charge is -2.12. The summed E-state index contributed by atoms with van der Waals surface area (Å²) >= 11 is 0. The maximum Gasteiger partial charge on any atom is 0.401 e. The van der Waals surface area contributed by atoms with Crippen LogP contribution in [0, 0.1) is 0 Å². The van der Waals surface area contributed by atoms with Crippen LogP contribution in [0.15, 0.2) is 6.20 Å². The van der Waals surface area contributed by atoms with Crippen molar-refractivity contribution in [3.05, 3.63) is 11.9 Å². The lowest BCUT2D eigenvalue weighted by molar-refractivity contribution is -0.124. The van der Waals surface area contributed by atoms with E-state index in [9.17, 15) is 18.0 Å². The Balaban J connectivity index is 2.74. The van der Waals surface area contributed by atoms with Gasteiger partial charge in [0.05, 0.1) is 32.9 Å². The lowest BCUT2D eigenvalue weighted by atomic mass is 10.2. The van der Waals surface area contributed by atoms with Crippen LogP contribution in [0.2, 0.25) is 0 Å². The molecule has 1 aromatic rings. The Kier molecular flexibility index (Phi) is 6.16. The van der Waals surface area contributed by atoms with E-state index < -0.39 is 25.0 Å². The summed E-state index contributed by atoms with van der Waals surface area (Å²) in [6, 6.07) is 0. The smallest absolute Gasteiger partial charge is 0.401 e. The molecule has 0 aliphatic carbocycles. The Morgan fingerprint density at radius 2 is 2.14 bits per heavy atom. The van der Waals surface area contributed by atoms with E-state index in [0.29, 0.717) is 13.1 Å². The molecule has 1 heterocycles. The first-order chi connectivity index (χ1) is 9.74. The minimum Gasteiger partial charge on any atom is -0.493 e. The first kappa shape index (κ1) is 17.4. The molecule has 0 atom stereocenters. The van der Waals surface area contributed by atoms with E-state index in [2.05, 4.69) is 10.4 Å². The highest BCUT2D eigenvalue weighted by Gasteiger charge is 2.27. The number of nitrogens with one attached hydrogen (secondary N) is 1. The van der Waals surface area contributed by atoms with Crippen LogP contribution in [-0.4, -0.2) is 67.5 Å². The number of alkyl halides is 3. The number of methoxy groups -OCH3 is 1. The Bertz CT molecular complexity index is 472. The number of likely N-dealkylation sites (N-methyl/N-ethyl adjacent to an activating group) is 1. The molecule has 120 valence electrons. The van der Waals surface area contributed by atoms with Crippen molar-refractivity contribution < 1.29 is 22.7 Å². The van der Waals surface area contributed by atoms with Crippen molar-refractivity contribution in [2.45, 2.75) is 12.7 Å². The van der Waals surface area contributed by atoms with Crippen molar-refractivity contribution in [2.24, 2.45) is 0 Å². The number of rotatable bonds is 8. The van der Waals surface area contributed by atoms with Gasteiger partial charge in [-0.3, -0.25) is 9.48 Å². The third-order valence-corrected chi connectivity index (χ3v) is 2.66. The van der Waals surface area contributed by atoms with Gasteiger partial charge in [0.1, 0.15) is 5.69 Å². The van der Waals surface area contributed by atoms with Crippen LogP contribution in [-0.2, 0) is 6.54 Å². The molecular weight excluding hydrogens is 289 g/mol. The second kappa shape index (κ2) is 7.41. The minimum atomic E-state index is -4.35. The van der Waals surface area contributed by atoms with E-state index in [1.165, 1.54) is 18.0 Å². The van der Waals surface area contributed by atoms with Gasteiger partial charge in [-0.15, -0.1) is 0 Å².